The molecular formula is C60H50O21. The van der Waals surface area contributed by atoms with Gasteiger partial charge in [0.1, 0.15) is 123 Å². The molecule has 0 aromatic heterocycles. The van der Waals surface area contributed by atoms with Gasteiger partial charge in [-0.3, -0.25) is 0 Å². The van der Waals surface area contributed by atoms with Gasteiger partial charge in [0.15, 0.2) is 24.4 Å². The van der Waals surface area contributed by atoms with Gasteiger partial charge in [-0.2, -0.15) is 0 Å². The summed E-state index contributed by atoms with van der Waals surface area (Å²) in [5.41, 5.74) is -2.00. The number of aromatic hydroxyl groups is 12. The lowest BCUT2D eigenvalue weighted by atomic mass is 9.72. The minimum Gasteiger partial charge on any atom is -0.508 e. The van der Waals surface area contributed by atoms with Crippen LogP contribution in [0.15, 0.2) is 127 Å². The van der Waals surface area contributed by atoms with E-state index in [1.165, 1.54) is 97.1 Å². The van der Waals surface area contributed by atoms with E-state index in [0.29, 0.717) is 0 Å². The number of hydrogen-bond donors (Lipinski definition) is 17. The van der Waals surface area contributed by atoms with Crippen molar-refractivity contribution in [3.8, 4) is 92.0 Å². The van der Waals surface area contributed by atoms with Gasteiger partial charge >= 0.3 is 0 Å². The number of rotatable bonds is 7. The van der Waals surface area contributed by atoms with Crippen LogP contribution in [-0.4, -0.2) is 111 Å². The van der Waals surface area contributed by atoms with Crippen molar-refractivity contribution in [3.63, 3.8) is 0 Å². The molecule has 0 radical (unpaired) electrons. The predicted molar refractivity (Wildman–Crippen MR) is 280 cm³/mol. The van der Waals surface area contributed by atoms with Gasteiger partial charge in [0.25, 0.3) is 0 Å². The molecule has 4 heterocycles. The molecular weight excluding hydrogens is 1060 g/mol. The summed E-state index contributed by atoms with van der Waals surface area (Å²) in [5.74, 6) is -13.5. The Morgan fingerprint density at radius 3 is 0.840 bits per heavy atom. The monoisotopic (exact) mass is 1110 g/mol. The molecule has 0 fully saturated rings. The Hall–Kier alpha value is -9.64. The highest BCUT2D eigenvalue weighted by atomic mass is 16.5. The summed E-state index contributed by atoms with van der Waals surface area (Å²) in [6.45, 7) is 0. The van der Waals surface area contributed by atoms with Gasteiger partial charge in [0.2, 0.25) is 0 Å². The van der Waals surface area contributed by atoms with E-state index in [2.05, 4.69) is 0 Å². The molecule has 416 valence electrons. The molecule has 4 aliphatic rings. The minimum absolute atomic E-state index is 0.126. The highest BCUT2D eigenvalue weighted by Gasteiger charge is 2.53. The highest BCUT2D eigenvalue weighted by Crippen LogP contribution is 2.65. The molecule has 0 saturated heterocycles. The number of benzene rings is 8. The maximum absolute atomic E-state index is 13.0. The largest absolute Gasteiger partial charge is 0.508 e. The second-order valence-corrected chi connectivity index (χ2v) is 20.5. The fraction of sp³-hybridized carbons (Fsp3) is 0.200. The van der Waals surface area contributed by atoms with Crippen LogP contribution in [0.4, 0.5) is 0 Å². The zero-order valence-electron chi connectivity index (χ0n) is 41.8. The topological polar surface area (TPSA) is 381 Å². The van der Waals surface area contributed by atoms with Crippen molar-refractivity contribution in [1.29, 1.82) is 0 Å². The number of hydrogen-bond acceptors (Lipinski definition) is 21. The first kappa shape index (κ1) is 52.1. The van der Waals surface area contributed by atoms with Crippen LogP contribution in [0.3, 0.4) is 0 Å². The molecule has 4 aliphatic heterocycles. The molecule has 0 unspecified atom stereocenters. The first-order valence-electron chi connectivity index (χ1n) is 25.2. The van der Waals surface area contributed by atoms with Crippen LogP contribution in [-0.2, 0) is 0 Å². The maximum atomic E-state index is 13.0. The Morgan fingerprint density at radius 2 is 0.506 bits per heavy atom. The Labute approximate surface area is 457 Å². The van der Waals surface area contributed by atoms with Crippen molar-refractivity contribution in [3.05, 3.63) is 189 Å². The maximum Gasteiger partial charge on any atom is 0.152 e. The molecule has 0 aliphatic carbocycles. The number of fused-ring (bicyclic) bond motifs is 4. The number of phenolic OH excluding ortho intramolecular Hbond substituents is 12. The lowest BCUT2D eigenvalue weighted by Gasteiger charge is -2.44. The van der Waals surface area contributed by atoms with E-state index >= 15 is 0 Å². The van der Waals surface area contributed by atoms with Crippen molar-refractivity contribution < 1.29 is 106 Å². The zero-order chi connectivity index (χ0) is 57.2. The van der Waals surface area contributed by atoms with Gasteiger partial charge < -0.3 is 106 Å². The van der Waals surface area contributed by atoms with Gasteiger partial charge in [-0.05, 0) is 70.8 Å². The second-order valence-electron chi connectivity index (χ2n) is 20.5. The van der Waals surface area contributed by atoms with E-state index in [4.69, 9.17) is 18.9 Å². The lowest BCUT2D eigenvalue weighted by Crippen LogP contribution is -2.40. The Bertz CT molecular complexity index is 3780. The summed E-state index contributed by atoms with van der Waals surface area (Å²) < 4.78 is 26.0. The zero-order valence-corrected chi connectivity index (χ0v) is 41.8. The first-order chi connectivity index (χ1) is 38.7. The third kappa shape index (κ3) is 8.36. The third-order valence-corrected chi connectivity index (χ3v) is 15.7. The fourth-order valence-electron chi connectivity index (χ4n) is 12.0. The molecule has 12 atom stereocenters. The molecule has 21 heteroatoms. The molecule has 12 rings (SSSR count). The molecule has 0 amide bonds. The van der Waals surface area contributed by atoms with Gasteiger partial charge in [-0.25, -0.2) is 0 Å². The van der Waals surface area contributed by atoms with Gasteiger partial charge in [-0.1, -0.05) is 48.5 Å². The summed E-state index contributed by atoms with van der Waals surface area (Å²) in [5, 5.41) is 198. The molecule has 81 heavy (non-hydrogen) atoms. The van der Waals surface area contributed by atoms with Crippen molar-refractivity contribution in [2.45, 2.75) is 72.7 Å². The van der Waals surface area contributed by atoms with Crippen molar-refractivity contribution in [1.82, 2.24) is 0 Å². The standard InChI is InChI=1S/C60H50O21/c61-26-9-1-22(2-10-26)54-50(74)46(39-31(66)17-30(65)18-38(39)78-54)40-32(67)19-33(68)41-47(51(75)55(79-58(40)41)23-3-11-27(62)12-4-23)42-34(69)20-35(70)43-48(52(76)56(80-59(42)43)24-5-13-28(63)14-6-24)44-36(71)21-37(72)45-49(73)53(77)57(81-60(44)45)25-7-15-29(64)16-8-25/h1-21,46-57,61-77H/t46-,47+,48-,49+,50-,51-,52-,53-,54-,55+,56+,57-/m1/s1. The highest BCUT2D eigenvalue weighted by molar-refractivity contribution is 5.73. The molecule has 21 nitrogen and oxygen atoms in total. The Morgan fingerprint density at radius 1 is 0.247 bits per heavy atom. The van der Waals surface area contributed by atoms with E-state index in [1.54, 1.807) is 0 Å². The van der Waals surface area contributed by atoms with Gasteiger partial charge in [0.05, 0.1) is 23.3 Å². The summed E-state index contributed by atoms with van der Waals surface area (Å²) in [4.78, 5) is 0. The fourth-order valence-corrected chi connectivity index (χ4v) is 12.0. The summed E-state index contributed by atoms with van der Waals surface area (Å²) in [7, 11) is 0. The molecule has 8 aromatic rings. The SMILES string of the molecule is Oc1ccc([C@H]2Oc3cc(O)cc(O)c3[C@H](c3c(O)cc(O)c4c3O[C@@H](c3ccc(O)cc3)[C@H](O)[C@@H]4c3c(O)cc(O)c4c3O[C@@H](c3ccc(O)cc3)[C@H](O)[C@H]4c3c(O)cc(O)c4c3O[C@H](c3ccc(O)cc3)[C@H](O)[C@H]4O)[C@H]2O)cc1. The van der Waals surface area contributed by atoms with Crippen molar-refractivity contribution >= 4 is 0 Å². The van der Waals surface area contributed by atoms with Crippen LogP contribution in [0.5, 0.6) is 92.0 Å². The first-order valence-corrected chi connectivity index (χ1v) is 25.2. The van der Waals surface area contributed by atoms with Crippen LogP contribution >= 0.6 is 0 Å². The minimum atomic E-state index is -1.98. The molecule has 17 N–H and O–H groups in total. The van der Waals surface area contributed by atoms with Crippen LogP contribution in [0.1, 0.15) is 109 Å². The van der Waals surface area contributed by atoms with E-state index in [-0.39, 0.29) is 62.1 Å². The average molecular weight is 1110 g/mol. The number of aliphatic hydroxyl groups excluding tert-OH is 5. The molecule has 8 aromatic carbocycles. The molecule has 0 bridgehead atoms. The van der Waals surface area contributed by atoms with E-state index < -0.39 is 164 Å². The molecule has 0 saturated carbocycles. The lowest BCUT2D eigenvalue weighted by molar-refractivity contribution is -0.0722. The second kappa shape index (κ2) is 19.3. The van der Waals surface area contributed by atoms with Crippen LogP contribution in [0.25, 0.3) is 0 Å². The Kier molecular flexibility index (Phi) is 12.4. The van der Waals surface area contributed by atoms with E-state index in [9.17, 15) is 86.8 Å². The van der Waals surface area contributed by atoms with Crippen LogP contribution < -0.4 is 18.9 Å². The van der Waals surface area contributed by atoms with Gasteiger partial charge in [0, 0.05) is 63.7 Å². The van der Waals surface area contributed by atoms with Crippen molar-refractivity contribution in [2.24, 2.45) is 0 Å². The smallest absolute Gasteiger partial charge is 0.152 e. The van der Waals surface area contributed by atoms with Crippen LogP contribution in [0, 0.1) is 0 Å². The van der Waals surface area contributed by atoms with Crippen LogP contribution in [0.2, 0.25) is 0 Å². The predicted octanol–water partition coefficient (Wildman–Crippen LogP) is 6.56. The number of phenols is 12. The quantitative estimate of drug-likeness (QED) is 0.0803. The normalized spacial score (nSPS) is 25.3. The Balaban J connectivity index is 1.13. The summed E-state index contributed by atoms with van der Waals surface area (Å²) >= 11 is 0. The summed E-state index contributed by atoms with van der Waals surface area (Å²) in [6, 6.07) is 26.0. The summed E-state index contributed by atoms with van der Waals surface area (Å²) in [6.07, 6.45) is -15.6. The third-order valence-electron chi connectivity index (χ3n) is 15.7. The van der Waals surface area contributed by atoms with E-state index in [1.807, 2.05) is 0 Å². The molecule has 0 spiro atoms. The van der Waals surface area contributed by atoms with E-state index in [0.717, 1.165) is 30.3 Å². The van der Waals surface area contributed by atoms with Gasteiger partial charge in [-0.15, -0.1) is 0 Å². The average Bonchev–Trinajstić information content (AvgIpc) is 2.32. The number of aliphatic hydroxyl groups is 5. The number of ether oxygens (including phenoxy) is 4. The van der Waals surface area contributed by atoms with Crippen molar-refractivity contribution in [2.75, 3.05) is 0 Å².